The fourth-order valence-corrected chi connectivity index (χ4v) is 4.97. The van der Waals surface area contributed by atoms with E-state index in [4.69, 9.17) is 0 Å². The molecule has 0 aliphatic carbocycles. The number of nitrogens with one attached hydrogen (secondary N) is 1. The van der Waals surface area contributed by atoms with Crippen molar-refractivity contribution in [1.29, 1.82) is 0 Å². The van der Waals surface area contributed by atoms with Gasteiger partial charge in [-0.2, -0.15) is 0 Å². The standard InChI is InChI=1S/C18H30N4O3/c1-13(2)14(23)21-9-6-17(7-10-21)11-22(16(25)20(3)4)12-18(17)5-8-19-15(18)24/h13H,5-12H2,1-4H3,(H,19,24). The van der Waals surface area contributed by atoms with E-state index in [1.807, 2.05) is 23.6 Å². The fourth-order valence-electron chi connectivity index (χ4n) is 4.97. The van der Waals surface area contributed by atoms with Crippen LogP contribution in [0.15, 0.2) is 0 Å². The first-order valence-electron chi connectivity index (χ1n) is 9.26. The summed E-state index contributed by atoms with van der Waals surface area (Å²) in [6.45, 7) is 6.98. The van der Waals surface area contributed by atoms with Crippen LogP contribution in [0.25, 0.3) is 0 Å². The van der Waals surface area contributed by atoms with Crippen LogP contribution in [0.1, 0.15) is 33.1 Å². The summed E-state index contributed by atoms with van der Waals surface area (Å²) in [5.74, 6) is 0.261. The van der Waals surface area contributed by atoms with E-state index in [-0.39, 0.29) is 29.2 Å². The lowest BCUT2D eigenvalue weighted by Gasteiger charge is -2.46. The quantitative estimate of drug-likeness (QED) is 0.759. The molecule has 1 N–H and O–H groups in total. The molecule has 0 radical (unpaired) electrons. The molecule has 4 amide bonds. The van der Waals surface area contributed by atoms with Gasteiger partial charge in [0, 0.05) is 58.2 Å². The zero-order valence-electron chi connectivity index (χ0n) is 15.8. The number of nitrogens with zero attached hydrogens (tertiary/aromatic N) is 3. The van der Waals surface area contributed by atoms with E-state index in [1.54, 1.807) is 19.0 Å². The topological polar surface area (TPSA) is 73.0 Å². The van der Waals surface area contributed by atoms with Gasteiger partial charge < -0.3 is 20.0 Å². The second kappa shape index (κ2) is 6.18. The van der Waals surface area contributed by atoms with Gasteiger partial charge in [0.15, 0.2) is 0 Å². The summed E-state index contributed by atoms with van der Waals surface area (Å²) in [6.07, 6.45) is 2.35. The van der Waals surface area contributed by atoms with Gasteiger partial charge >= 0.3 is 6.03 Å². The van der Waals surface area contributed by atoms with Gasteiger partial charge in [-0.25, -0.2) is 4.79 Å². The molecule has 3 fully saturated rings. The predicted octanol–water partition coefficient (Wildman–Crippen LogP) is 0.755. The van der Waals surface area contributed by atoms with E-state index in [1.165, 1.54) is 0 Å². The minimum atomic E-state index is -0.494. The fraction of sp³-hybridized carbons (Fsp3) is 0.833. The maximum Gasteiger partial charge on any atom is 0.319 e. The Kier molecular flexibility index (Phi) is 4.45. The molecule has 2 spiro atoms. The van der Waals surface area contributed by atoms with Gasteiger partial charge in [-0.1, -0.05) is 13.8 Å². The number of piperidine rings is 1. The summed E-state index contributed by atoms with van der Waals surface area (Å²) in [5.41, 5.74) is -0.710. The molecule has 7 nitrogen and oxygen atoms in total. The molecule has 0 aromatic rings. The molecule has 3 aliphatic rings. The Labute approximate surface area is 149 Å². The molecule has 0 aromatic carbocycles. The van der Waals surface area contributed by atoms with Crippen LogP contribution in [0.2, 0.25) is 0 Å². The molecule has 0 aromatic heterocycles. The lowest BCUT2D eigenvalue weighted by atomic mass is 9.60. The zero-order valence-corrected chi connectivity index (χ0v) is 15.8. The highest BCUT2D eigenvalue weighted by atomic mass is 16.2. The number of fused-ring (bicyclic) bond motifs is 1. The number of carbonyl (C=O) groups is 3. The minimum absolute atomic E-state index is 0.00631. The van der Waals surface area contributed by atoms with Crippen molar-refractivity contribution in [2.75, 3.05) is 46.8 Å². The first-order chi connectivity index (χ1) is 11.7. The smallest absolute Gasteiger partial charge is 0.319 e. The molecule has 3 aliphatic heterocycles. The largest absolute Gasteiger partial charge is 0.356 e. The monoisotopic (exact) mass is 350 g/mol. The van der Waals surface area contributed by atoms with Crippen LogP contribution in [-0.2, 0) is 9.59 Å². The van der Waals surface area contributed by atoms with Gasteiger partial charge in [0.25, 0.3) is 0 Å². The van der Waals surface area contributed by atoms with Gasteiger partial charge in [-0.3, -0.25) is 9.59 Å². The molecule has 3 rings (SSSR count). The third-order valence-electron chi connectivity index (χ3n) is 6.42. The van der Waals surface area contributed by atoms with Crippen molar-refractivity contribution >= 4 is 17.8 Å². The first kappa shape index (κ1) is 18.0. The lowest BCUT2D eigenvalue weighted by molar-refractivity contribution is -0.140. The van der Waals surface area contributed by atoms with Crippen molar-refractivity contribution in [3.63, 3.8) is 0 Å². The number of rotatable bonds is 1. The van der Waals surface area contributed by atoms with Gasteiger partial charge in [-0.05, 0) is 19.3 Å². The van der Waals surface area contributed by atoms with Crippen molar-refractivity contribution in [3.05, 3.63) is 0 Å². The summed E-state index contributed by atoms with van der Waals surface area (Å²) in [5, 5.41) is 2.99. The third-order valence-corrected chi connectivity index (χ3v) is 6.42. The second-order valence-corrected chi connectivity index (χ2v) is 8.38. The maximum atomic E-state index is 12.8. The van der Waals surface area contributed by atoms with Crippen LogP contribution in [0.3, 0.4) is 0 Å². The van der Waals surface area contributed by atoms with Crippen molar-refractivity contribution in [3.8, 4) is 0 Å². The van der Waals surface area contributed by atoms with Crippen LogP contribution in [0.5, 0.6) is 0 Å². The van der Waals surface area contributed by atoms with Crippen LogP contribution >= 0.6 is 0 Å². The van der Waals surface area contributed by atoms with Gasteiger partial charge in [-0.15, -0.1) is 0 Å². The molecule has 140 valence electrons. The van der Waals surface area contributed by atoms with Crippen LogP contribution in [0.4, 0.5) is 4.79 Å². The van der Waals surface area contributed by atoms with Gasteiger partial charge in [0.2, 0.25) is 11.8 Å². The molecule has 1 atom stereocenters. The van der Waals surface area contributed by atoms with Crippen molar-refractivity contribution in [2.24, 2.45) is 16.7 Å². The van der Waals surface area contributed by atoms with Crippen molar-refractivity contribution in [2.45, 2.75) is 33.1 Å². The summed E-state index contributed by atoms with van der Waals surface area (Å²) >= 11 is 0. The highest BCUT2D eigenvalue weighted by molar-refractivity contribution is 5.88. The average Bonchev–Trinajstić information content (AvgIpc) is 3.09. The Morgan fingerprint density at radius 1 is 1.08 bits per heavy atom. The van der Waals surface area contributed by atoms with Crippen molar-refractivity contribution < 1.29 is 14.4 Å². The van der Waals surface area contributed by atoms with E-state index in [0.717, 1.165) is 19.3 Å². The molecule has 7 heteroatoms. The van der Waals surface area contributed by atoms with Gasteiger partial charge in [0.1, 0.15) is 0 Å². The normalized spacial score (nSPS) is 28.1. The molecule has 3 saturated heterocycles. The number of hydrogen-bond acceptors (Lipinski definition) is 3. The lowest BCUT2D eigenvalue weighted by Crippen LogP contribution is -2.53. The predicted molar refractivity (Wildman–Crippen MR) is 93.8 cm³/mol. The number of likely N-dealkylation sites (tertiary alicyclic amines) is 2. The molecular formula is C18H30N4O3. The number of hydrogen-bond donors (Lipinski definition) is 1. The zero-order chi connectivity index (χ0) is 18.4. The molecular weight excluding hydrogens is 320 g/mol. The van der Waals surface area contributed by atoms with E-state index >= 15 is 0 Å². The Morgan fingerprint density at radius 3 is 2.20 bits per heavy atom. The number of carbonyl (C=O) groups excluding carboxylic acids is 3. The third kappa shape index (κ3) is 2.68. The summed E-state index contributed by atoms with van der Waals surface area (Å²) in [4.78, 5) is 43.0. The minimum Gasteiger partial charge on any atom is -0.356 e. The Bertz CT molecular complexity index is 581. The van der Waals surface area contributed by atoms with Crippen LogP contribution in [-0.4, -0.2) is 79.4 Å². The van der Waals surface area contributed by atoms with Crippen LogP contribution in [0, 0.1) is 16.7 Å². The Morgan fingerprint density at radius 2 is 1.72 bits per heavy atom. The molecule has 0 bridgehead atoms. The van der Waals surface area contributed by atoms with E-state index in [9.17, 15) is 14.4 Å². The molecule has 0 saturated carbocycles. The average molecular weight is 350 g/mol. The maximum absolute atomic E-state index is 12.8. The Hall–Kier alpha value is -1.79. The molecule has 1 unspecified atom stereocenters. The van der Waals surface area contributed by atoms with E-state index in [0.29, 0.717) is 32.7 Å². The van der Waals surface area contributed by atoms with E-state index in [2.05, 4.69) is 5.32 Å². The van der Waals surface area contributed by atoms with Crippen molar-refractivity contribution in [1.82, 2.24) is 20.0 Å². The second-order valence-electron chi connectivity index (χ2n) is 8.38. The summed E-state index contributed by atoms with van der Waals surface area (Å²) < 4.78 is 0. The SMILES string of the molecule is CC(C)C(=O)N1CCC2(CC1)CN(C(=O)N(C)C)CC21CCNC1=O. The molecule has 3 heterocycles. The summed E-state index contributed by atoms with van der Waals surface area (Å²) in [6, 6.07) is -0.0309. The van der Waals surface area contributed by atoms with Gasteiger partial charge in [0.05, 0.1) is 5.41 Å². The summed E-state index contributed by atoms with van der Waals surface area (Å²) in [7, 11) is 3.50. The van der Waals surface area contributed by atoms with Crippen LogP contribution < -0.4 is 5.32 Å². The number of urea groups is 1. The number of amides is 4. The highest BCUT2D eigenvalue weighted by Crippen LogP contribution is 2.56. The highest BCUT2D eigenvalue weighted by Gasteiger charge is 2.64. The van der Waals surface area contributed by atoms with E-state index < -0.39 is 5.41 Å². The Balaban J connectivity index is 1.84. The first-order valence-corrected chi connectivity index (χ1v) is 9.26. The molecule has 25 heavy (non-hydrogen) atoms.